The van der Waals surface area contributed by atoms with Crippen LogP contribution in [0.2, 0.25) is 0 Å². The van der Waals surface area contributed by atoms with Gasteiger partial charge in [-0.1, -0.05) is 5.16 Å². The molecule has 0 spiro atoms. The molecule has 0 N–H and O–H groups in total. The van der Waals surface area contributed by atoms with Crippen molar-refractivity contribution >= 4 is 11.7 Å². The van der Waals surface area contributed by atoms with E-state index >= 15 is 0 Å². The normalized spacial score (nSPS) is 10.1. The zero-order chi connectivity index (χ0) is 13.1. The summed E-state index contributed by atoms with van der Waals surface area (Å²) in [4.78, 5) is 28.7. The van der Waals surface area contributed by atoms with Crippen molar-refractivity contribution in [2.24, 2.45) is 0 Å². The summed E-state index contributed by atoms with van der Waals surface area (Å²) in [5.74, 6) is -1.37. The second-order valence-corrected chi connectivity index (χ2v) is 3.04. The maximum absolute atomic E-state index is 11.1. The highest BCUT2D eigenvalue weighted by molar-refractivity contribution is 5.84. The van der Waals surface area contributed by atoms with Gasteiger partial charge in [0.25, 0.3) is 5.69 Å². The van der Waals surface area contributed by atoms with Gasteiger partial charge in [0.1, 0.15) is 0 Å². The van der Waals surface area contributed by atoms with Gasteiger partial charge in [-0.3, -0.25) is 10.1 Å². The zero-order valence-corrected chi connectivity index (χ0v) is 9.06. The standard InChI is InChI=1S/C9H6N4O5/c1-17-9(14)8-11-7(12-18-8)6-5(13(15)16)3-2-4-10-6/h2-4H,1H3. The first-order chi connectivity index (χ1) is 8.63. The molecule has 2 aromatic rings. The van der Waals surface area contributed by atoms with Crippen molar-refractivity contribution in [3.05, 3.63) is 34.3 Å². The van der Waals surface area contributed by atoms with Crippen LogP contribution in [-0.4, -0.2) is 33.1 Å². The molecule has 2 rings (SSSR count). The van der Waals surface area contributed by atoms with Crippen molar-refractivity contribution in [1.29, 1.82) is 0 Å². The number of hydrogen-bond donors (Lipinski definition) is 0. The monoisotopic (exact) mass is 250 g/mol. The average molecular weight is 250 g/mol. The van der Waals surface area contributed by atoms with Crippen LogP contribution in [0.1, 0.15) is 10.7 Å². The largest absolute Gasteiger partial charge is 0.462 e. The van der Waals surface area contributed by atoms with Crippen LogP contribution in [0.5, 0.6) is 0 Å². The van der Waals surface area contributed by atoms with Crippen LogP contribution in [0.25, 0.3) is 11.5 Å². The Hall–Kier alpha value is -2.84. The Balaban J connectivity index is 2.46. The number of ether oxygens (including phenoxy) is 1. The molecule has 0 aliphatic carbocycles. The number of aromatic nitrogens is 3. The molecular weight excluding hydrogens is 244 g/mol. The van der Waals surface area contributed by atoms with E-state index in [4.69, 9.17) is 0 Å². The smallest absolute Gasteiger partial charge is 0.397 e. The quantitative estimate of drug-likeness (QED) is 0.446. The average Bonchev–Trinajstić information content (AvgIpc) is 2.87. The Kier molecular flexibility index (Phi) is 2.96. The molecule has 9 nitrogen and oxygen atoms in total. The predicted octanol–water partition coefficient (Wildman–Crippen LogP) is 0.826. The summed E-state index contributed by atoms with van der Waals surface area (Å²) >= 11 is 0. The second kappa shape index (κ2) is 4.57. The molecule has 0 atom stereocenters. The number of rotatable bonds is 3. The molecule has 0 unspecified atom stereocenters. The summed E-state index contributed by atoms with van der Waals surface area (Å²) < 4.78 is 8.98. The Bertz CT molecular complexity index is 609. The molecule has 0 saturated carbocycles. The van der Waals surface area contributed by atoms with Gasteiger partial charge in [0.2, 0.25) is 5.82 Å². The second-order valence-electron chi connectivity index (χ2n) is 3.04. The van der Waals surface area contributed by atoms with Gasteiger partial charge >= 0.3 is 11.9 Å². The third kappa shape index (κ3) is 2.00. The highest BCUT2D eigenvalue weighted by Crippen LogP contribution is 2.24. The van der Waals surface area contributed by atoms with Gasteiger partial charge in [-0.25, -0.2) is 9.78 Å². The molecule has 2 aromatic heterocycles. The number of nitrogens with zero attached hydrogens (tertiary/aromatic N) is 4. The van der Waals surface area contributed by atoms with Crippen LogP contribution < -0.4 is 0 Å². The molecule has 9 heteroatoms. The summed E-state index contributed by atoms with van der Waals surface area (Å²) in [6, 6.07) is 2.65. The third-order valence-corrected chi connectivity index (χ3v) is 1.98. The van der Waals surface area contributed by atoms with E-state index in [1.165, 1.54) is 18.3 Å². The van der Waals surface area contributed by atoms with Crippen molar-refractivity contribution in [1.82, 2.24) is 15.1 Å². The fourth-order valence-electron chi connectivity index (χ4n) is 1.21. The molecule has 0 aliphatic rings. The summed E-state index contributed by atoms with van der Waals surface area (Å²) in [6.07, 6.45) is 1.34. The number of methoxy groups -OCH3 is 1. The lowest BCUT2D eigenvalue weighted by molar-refractivity contribution is -0.384. The molecular formula is C9H6N4O5. The van der Waals surface area contributed by atoms with Crippen molar-refractivity contribution in [3.8, 4) is 11.5 Å². The van der Waals surface area contributed by atoms with Crippen molar-refractivity contribution in [3.63, 3.8) is 0 Å². The third-order valence-electron chi connectivity index (χ3n) is 1.98. The lowest BCUT2D eigenvalue weighted by Gasteiger charge is -1.95. The maximum atomic E-state index is 11.1. The molecule has 0 aliphatic heterocycles. The van der Waals surface area contributed by atoms with E-state index in [9.17, 15) is 14.9 Å². The van der Waals surface area contributed by atoms with E-state index in [2.05, 4.69) is 24.4 Å². The molecule has 0 aromatic carbocycles. The maximum Gasteiger partial charge on any atom is 0.397 e. The first kappa shape index (κ1) is 11.6. The van der Waals surface area contributed by atoms with Gasteiger partial charge in [-0.05, 0) is 6.07 Å². The van der Waals surface area contributed by atoms with Gasteiger partial charge in [-0.15, -0.1) is 0 Å². The summed E-state index contributed by atoms with van der Waals surface area (Å²) in [7, 11) is 1.15. The fraction of sp³-hybridized carbons (Fsp3) is 0.111. The van der Waals surface area contributed by atoms with Gasteiger partial charge in [0.05, 0.1) is 12.0 Å². The van der Waals surface area contributed by atoms with E-state index < -0.39 is 16.8 Å². The zero-order valence-electron chi connectivity index (χ0n) is 9.06. The fourth-order valence-corrected chi connectivity index (χ4v) is 1.21. The first-order valence-electron chi connectivity index (χ1n) is 4.65. The number of esters is 1. The number of carbonyl (C=O) groups excluding carboxylic acids is 1. The number of hydrogen-bond acceptors (Lipinski definition) is 8. The number of pyridine rings is 1. The van der Waals surface area contributed by atoms with Crippen molar-refractivity contribution in [2.75, 3.05) is 7.11 Å². The minimum absolute atomic E-state index is 0.0820. The van der Waals surface area contributed by atoms with Gasteiger partial charge in [0.15, 0.2) is 5.69 Å². The van der Waals surface area contributed by atoms with E-state index in [0.29, 0.717) is 0 Å². The van der Waals surface area contributed by atoms with Crippen molar-refractivity contribution < 1.29 is 19.0 Å². The number of carbonyl (C=O) groups is 1. The van der Waals surface area contributed by atoms with Gasteiger partial charge in [-0.2, -0.15) is 4.98 Å². The molecule has 0 amide bonds. The Morgan fingerprint density at radius 3 is 3.00 bits per heavy atom. The Labute approximate surface area is 99.6 Å². The van der Waals surface area contributed by atoms with Crippen molar-refractivity contribution in [2.45, 2.75) is 0 Å². The van der Waals surface area contributed by atoms with Gasteiger partial charge in [0, 0.05) is 12.3 Å². The minimum Gasteiger partial charge on any atom is -0.462 e. The van der Waals surface area contributed by atoms with Crippen LogP contribution in [-0.2, 0) is 4.74 Å². The van der Waals surface area contributed by atoms with Crippen LogP contribution in [0.3, 0.4) is 0 Å². The Morgan fingerprint density at radius 1 is 1.56 bits per heavy atom. The SMILES string of the molecule is COC(=O)c1nc(-c2ncccc2[N+](=O)[O-])no1. The van der Waals surface area contributed by atoms with E-state index in [0.717, 1.165) is 7.11 Å². The molecule has 0 fully saturated rings. The summed E-state index contributed by atoms with van der Waals surface area (Å²) in [5.41, 5.74) is -0.365. The molecule has 92 valence electrons. The molecule has 0 saturated heterocycles. The highest BCUT2D eigenvalue weighted by Gasteiger charge is 2.23. The van der Waals surface area contributed by atoms with Crippen LogP contribution in [0.4, 0.5) is 5.69 Å². The summed E-state index contributed by atoms with van der Waals surface area (Å²) in [5, 5.41) is 14.2. The molecule has 2 heterocycles. The highest BCUT2D eigenvalue weighted by atomic mass is 16.6. The topological polar surface area (TPSA) is 121 Å². The van der Waals surface area contributed by atoms with E-state index in [-0.39, 0.29) is 17.2 Å². The molecule has 0 bridgehead atoms. The lowest BCUT2D eigenvalue weighted by Crippen LogP contribution is -2.01. The lowest BCUT2D eigenvalue weighted by atomic mass is 10.3. The van der Waals surface area contributed by atoms with E-state index in [1.807, 2.05) is 0 Å². The minimum atomic E-state index is -0.827. The molecule has 18 heavy (non-hydrogen) atoms. The Morgan fingerprint density at radius 2 is 2.33 bits per heavy atom. The van der Waals surface area contributed by atoms with E-state index in [1.54, 1.807) is 0 Å². The summed E-state index contributed by atoms with van der Waals surface area (Å²) in [6.45, 7) is 0. The number of nitro groups is 1. The van der Waals surface area contributed by atoms with Crippen LogP contribution in [0, 0.1) is 10.1 Å². The van der Waals surface area contributed by atoms with Gasteiger partial charge < -0.3 is 9.26 Å². The predicted molar refractivity (Wildman–Crippen MR) is 55.5 cm³/mol. The van der Waals surface area contributed by atoms with Crippen LogP contribution in [0.15, 0.2) is 22.9 Å². The van der Waals surface area contributed by atoms with Crippen LogP contribution >= 0.6 is 0 Å². The first-order valence-corrected chi connectivity index (χ1v) is 4.65. The molecule has 0 radical (unpaired) electrons.